The Hall–Kier alpha value is -0.523. The summed E-state index contributed by atoms with van der Waals surface area (Å²) in [7, 11) is -1.66. The van der Waals surface area contributed by atoms with Gasteiger partial charge >= 0.3 is 0 Å². The molecule has 2 heteroatoms. The molecule has 4 rings (SSSR count). The summed E-state index contributed by atoms with van der Waals surface area (Å²) < 4.78 is 6.79. The van der Waals surface area contributed by atoms with Crippen molar-refractivity contribution in [2.75, 3.05) is 0 Å². The van der Waals surface area contributed by atoms with Crippen LogP contribution in [0.25, 0.3) is 0 Å². The number of rotatable bonds is 2. The molecule has 138 valence electrons. The number of allylic oxidation sites excluding steroid dienone is 2. The lowest BCUT2D eigenvalue weighted by Crippen LogP contribution is -2.55. The Bertz CT molecular complexity index is 609. The van der Waals surface area contributed by atoms with Crippen molar-refractivity contribution >= 4 is 8.32 Å². The fourth-order valence-electron chi connectivity index (χ4n) is 7.26. The maximum atomic E-state index is 6.79. The molecule has 3 fully saturated rings. The molecule has 0 amide bonds. The maximum Gasteiger partial charge on any atom is 0.185 e. The summed E-state index contributed by atoms with van der Waals surface area (Å²) in [6.45, 7) is 9.39. The highest BCUT2D eigenvalue weighted by Gasteiger charge is 2.63. The molecule has 0 N–H and O–H groups in total. The van der Waals surface area contributed by atoms with E-state index in [2.05, 4.69) is 38.6 Å². The quantitative estimate of drug-likeness (QED) is 0.326. The van der Waals surface area contributed by atoms with Gasteiger partial charge in [-0.25, -0.2) is 0 Å². The first kappa shape index (κ1) is 17.9. The van der Waals surface area contributed by atoms with Crippen LogP contribution in [0, 0.1) is 41.4 Å². The highest BCUT2D eigenvalue weighted by molar-refractivity contribution is 6.69. The summed E-state index contributed by atoms with van der Waals surface area (Å²) >= 11 is 0. The molecule has 6 atom stereocenters. The minimum Gasteiger partial charge on any atom is -0.401 e. The minimum absolute atomic E-state index is 0.194. The topological polar surface area (TPSA) is 9.23 Å². The van der Waals surface area contributed by atoms with Crippen LogP contribution in [-0.2, 0) is 4.43 Å². The molecule has 0 aromatic rings. The van der Waals surface area contributed by atoms with E-state index in [1.165, 1.54) is 51.4 Å². The van der Waals surface area contributed by atoms with Gasteiger partial charge in [0, 0.05) is 5.41 Å². The van der Waals surface area contributed by atoms with Gasteiger partial charge in [-0.2, -0.15) is 0 Å². The zero-order valence-corrected chi connectivity index (χ0v) is 17.7. The molecule has 0 spiro atoms. The van der Waals surface area contributed by atoms with Gasteiger partial charge in [-0.15, -0.1) is 6.42 Å². The normalized spacial score (nSPS) is 46.4. The Morgan fingerprint density at radius 2 is 1.92 bits per heavy atom. The van der Waals surface area contributed by atoms with E-state index in [-0.39, 0.29) is 11.0 Å². The fraction of sp³-hybridized carbons (Fsp3) is 0.826. The van der Waals surface area contributed by atoms with Crippen LogP contribution in [0.5, 0.6) is 0 Å². The lowest BCUT2D eigenvalue weighted by molar-refractivity contribution is -0.0771. The van der Waals surface area contributed by atoms with E-state index in [0.29, 0.717) is 0 Å². The molecule has 0 radical (unpaired) electrons. The molecule has 4 aliphatic rings. The van der Waals surface area contributed by atoms with Crippen LogP contribution < -0.4 is 0 Å². The largest absolute Gasteiger partial charge is 0.401 e. The van der Waals surface area contributed by atoms with E-state index in [1.54, 1.807) is 0 Å². The molecule has 3 saturated carbocycles. The third kappa shape index (κ3) is 2.69. The smallest absolute Gasteiger partial charge is 0.185 e. The molecule has 4 aliphatic carbocycles. The number of hydrogen-bond donors (Lipinski definition) is 0. The highest BCUT2D eigenvalue weighted by atomic mass is 28.4. The zero-order chi connectivity index (χ0) is 17.9. The maximum absolute atomic E-state index is 6.79. The molecule has 0 saturated heterocycles. The second-order valence-electron chi connectivity index (χ2n) is 10.5. The summed E-state index contributed by atoms with van der Waals surface area (Å²) in [6.07, 6.45) is 20.7. The Balaban J connectivity index is 1.64. The molecular weight excluding hydrogens is 320 g/mol. The summed E-state index contributed by atoms with van der Waals surface area (Å²) in [5.74, 6) is 6.72. The van der Waals surface area contributed by atoms with Gasteiger partial charge in [0.05, 0.1) is 0 Å². The Kier molecular flexibility index (Phi) is 4.29. The molecule has 0 heterocycles. The van der Waals surface area contributed by atoms with Gasteiger partial charge in [-0.05, 0) is 101 Å². The van der Waals surface area contributed by atoms with Crippen molar-refractivity contribution in [1.82, 2.24) is 0 Å². The lowest BCUT2D eigenvalue weighted by atomic mass is 9.50. The van der Waals surface area contributed by atoms with Crippen molar-refractivity contribution in [2.45, 2.75) is 90.0 Å². The Morgan fingerprint density at radius 3 is 2.64 bits per heavy atom. The molecule has 25 heavy (non-hydrogen) atoms. The third-order valence-electron chi connectivity index (χ3n) is 8.21. The number of terminal acetylenes is 1. The zero-order valence-electron chi connectivity index (χ0n) is 16.7. The van der Waals surface area contributed by atoms with Gasteiger partial charge in [-0.3, -0.25) is 0 Å². The van der Waals surface area contributed by atoms with E-state index in [4.69, 9.17) is 10.8 Å². The second-order valence-corrected chi connectivity index (χ2v) is 14.9. The average molecular weight is 357 g/mol. The van der Waals surface area contributed by atoms with Gasteiger partial charge in [0.15, 0.2) is 8.32 Å². The highest BCUT2D eigenvalue weighted by Crippen LogP contribution is 2.66. The van der Waals surface area contributed by atoms with Crippen LogP contribution in [0.15, 0.2) is 11.6 Å². The van der Waals surface area contributed by atoms with Crippen LogP contribution in [0.2, 0.25) is 19.6 Å². The van der Waals surface area contributed by atoms with Crippen LogP contribution in [0.1, 0.15) is 64.7 Å². The van der Waals surface area contributed by atoms with E-state index in [0.717, 1.165) is 30.1 Å². The first-order chi connectivity index (χ1) is 11.8. The molecule has 0 aromatic heterocycles. The van der Waals surface area contributed by atoms with Crippen molar-refractivity contribution < 1.29 is 4.43 Å². The van der Waals surface area contributed by atoms with Gasteiger partial charge in [0.1, 0.15) is 5.60 Å². The summed E-state index contributed by atoms with van der Waals surface area (Å²) in [5.41, 5.74) is 1.71. The summed E-state index contributed by atoms with van der Waals surface area (Å²) in [5, 5.41) is 0. The second kappa shape index (κ2) is 6.00. The van der Waals surface area contributed by atoms with E-state index < -0.39 is 8.32 Å². The van der Waals surface area contributed by atoms with Crippen molar-refractivity contribution in [2.24, 2.45) is 29.1 Å². The monoisotopic (exact) mass is 356 g/mol. The molecule has 0 aromatic carbocycles. The van der Waals surface area contributed by atoms with Crippen LogP contribution in [0.4, 0.5) is 0 Å². The van der Waals surface area contributed by atoms with Gasteiger partial charge in [0.25, 0.3) is 0 Å². The van der Waals surface area contributed by atoms with Crippen molar-refractivity contribution in [1.29, 1.82) is 0 Å². The number of fused-ring (bicyclic) bond motifs is 5. The summed E-state index contributed by atoms with van der Waals surface area (Å²) in [6, 6.07) is 0. The average Bonchev–Trinajstić information content (AvgIpc) is 2.86. The molecule has 0 unspecified atom stereocenters. The fourth-order valence-corrected chi connectivity index (χ4v) is 8.70. The van der Waals surface area contributed by atoms with Gasteiger partial charge in [-0.1, -0.05) is 24.5 Å². The SMILES string of the molecule is C#C[C@]1(O[Si](C)(C)C)CC[C@H]2[C@@H]3CCC4=CCCC[C@@H]4[C@H]3CC[C@@]21C. The molecule has 1 nitrogen and oxygen atoms in total. The third-order valence-corrected chi connectivity index (χ3v) is 9.17. The number of hydrogen-bond acceptors (Lipinski definition) is 1. The Morgan fingerprint density at radius 1 is 1.12 bits per heavy atom. The molecule has 0 aliphatic heterocycles. The van der Waals surface area contributed by atoms with Crippen LogP contribution in [0.3, 0.4) is 0 Å². The van der Waals surface area contributed by atoms with Crippen LogP contribution in [-0.4, -0.2) is 13.9 Å². The predicted molar refractivity (Wildman–Crippen MR) is 108 cm³/mol. The first-order valence-corrected chi connectivity index (χ1v) is 14.1. The molecule has 0 bridgehead atoms. The van der Waals surface area contributed by atoms with E-state index in [9.17, 15) is 0 Å². The van der Waals surface area contributed by atoms with Gasteiger partial charge in [0.2, 0.25) is 0 Å². The van der Waals surface area contributed by atoms with Crippen molar-refractivity contribution in [3.8, 4) is 12.3 Å². The lowest BCUT2D eigenvalue weighted by Gasteiger charge is -2.56. The van der Waals surface area contributed by atoms with Gasteiger partial charge < -0.3 is 4.43 Å². The first-order valence-electron chi connectivity index (χ1n) is 10.7. The van der Waals surface area contributed by atoms with E-state index >= 15 is 0 Å². The van der Waals surface area contributed by atoms with Crippen LogP contribution >= 0.6 is 0 Å². The minimum atomic E-state index is -1.66. The van der Waals surface area contributed by atoms with E-state index in [1.807, 2.05) is 5.57 Å². The predicted octanol–water partition coefficient (Wildman–Crippen LogP) is 6.17. The summed E-state index contributed by atoms with van der Waals surface area (Å²) in [4.78, 5) is 0. The van der Waals surface area contributed by atoms with Crippen molar-refractivity contribution in [3.05, 3.63) is 11.6 Å². The standard InChI is InChI=1S/C23H36OSi/c1-6-23(24-25(3,4)5)16-14-21-20-12-11-17-9-7-8-10-18(17)19(20)13-15-22(21,23)2/h1,9,18-21H,7-8,10-16H2,2-5H3/t18-,19+,20+,21-,22-,23-/m0/s1. The van der Waals surface area contributed by atoms with Crippen molar-refractivity contribution in [3.63, 3.8) is 0 Å². The molecular formula is C23H36OSi. The Labute approximate surface area is 156 Å².